The van der Waals surface area contributed by atoms with Crippen LogP contribution in [0, 0.1) is 0 Å². The number of hydrogen-bond donors (Lipinski definition) is 3. The molecule has 0 radical (unpaired) electrons. The van der Waals surface area contributed by atoms with Crippen LogP contribution in [0.25, 0.3) is 0 Å². The molecule has 0 bridgehead atoms. The molecule has 0 saturated heterocycles. The number of hydrogen-bond acceptors (Lipinski definition) is 8. The van der Waals surface area contributed by atoms with Crippen molar-refractivity contribution in [3.63, 3.8) is 0 Å². The van der Waals surface area contributed by atoms with Crippen molar-refractivity contribution < 1.29 is 68.2 Å². The zero-order valence-electron chi connectivity index (χ0n) is 14.2. The number of aryl methyl sites for hydroxylation is 1. The van der Waals surface area contributed by atoms with E-state index < -0.39 is 25.1 Å². The SMILES string of the molecule is COP(=O)([O-])Oc1ccc(CCC(=O)c2c(O)cc(O)cc2O)cc1.[Na+]. The van der Waals surface area contributed by atoms with Gasteiger partial charge in [-0.05, 0) is 24.1 Å². The van der Waals surface area contributed by atoms with Crippen LogP contribution in [0.15, 0.2) is 36.4 Å². The Hall–Kier alpha value is -1.54. The van der Waals surface area contributed by atoms with E-state index in [9.17, 15) is 29.6 Å². The average molecular weight is 390 g/mol. The summed E-state index contributed by atoms with van der Waals surface area (Å²) in [6.07, 6.45) is 0.280. The summed E-state index contributed by atoms with van der Waals surface area (Å²) in [6, 6.07) is 7.92. The Balaban J connectivity index is 0.00000338. The second-order valence-corrected chi connectivity index (χ2v) is 6.59. The van der Waals surface area contributed by atoms with Gasteiger partial charge >= 0.3 is 37.4 Å². The molecular formula is C16H16NaO8P. The number of carbonyl (C=O) groups excluding carboxylic acids is 1. The maximum atomic E-state index is 12.1. The molecule has 0 amide bonds. The van der Waals surface area contributed by atoms with Crippen LogP contribution >= 0.6 is 7.82 Å². The van der Waals surface area contributed by atoms with Gasteiger partial charge in [-0.15, -0.1) is 0 Å². The van der Waals surface area contributed by atoms with Gasteiger partial charge in [0.2, 0.25) is 0 Å². The Morgan fingerprint density at radius 3 is 2.15 bits per heavy atom. The molecule has 0 aliphatic rings. The summed E-state index contributed by atoms with van der Waals surface area (Å²) < 4.78 is 20.0. The second kappa shape index (κ2) is 9.41. The van der Waals surface area contributed by atoms with Gasteiger partial charge in [0.25, 0.3) is 0 Å². The largest absolute Gasteiger partial charge is 1.00 e. The number of phosphoric ester groups is 1. The third-order valence-electron chi connectivity index (χ3n) is 3.37. The molecule has 0 fully saturated rings. The summed E-state index contributed by atoms with van der Waals surface area (Å²) in [5.41, 5.74) is 0.460. The number of rotatable bonds is 7. The molecule has 0 spiro atoms. The number of phenols is 3. The summed E-state index contributed by atoms with van der Waals surface area (Å²) in [7, 11) is -3.39. The predicted molar refractivity (Wildman–Crippen MR) is 85.8 cm³/mol. The molecule has 1 unspecified atom stereocenters. The third-order valence-corrected chi connectivity index (χ3v) is 4.25. The fourth-order valence-corrected chi connectivity index (χ4v) is 2.60. The smallest absolute Gasteiger partial charge is 0.746 e. The standard InChI is InChI=1S/C16H17O8P.Na/c1-23-25(21,22)24-12-5-2-10(3-6-12)4-7-13(18)16-14(19)8-11(17)9-15(16)20;/h2-3,5-6,8-9,17,19-20H,4,7H2,1H3,(H,21,22);/q;+1/p-1. The fraction of sp³-hybridized carbons (Fsp3) is 0.188. The Kier molecular flexibility index (Phi) is 8.15. The molecular weight excluding hydrogens is 374 g/mol. The molecule has 26 heavy (non-hydrogen) atoms. The number of ketones is 1. The van der Waals surface area contributed by atoms with Gasteiger partial charge in [-0.2, -0.15) is 0 Å². The van der Waals surface area contributed by atoms with Crippen LogP contribution in [0.3, 0.4) is 0 Å². The van der Waals surface area contributed by atoms with Crippen molar-refractivity contribution in [2.75, 3.05) is 7.11 Å². The van der Waals surface area contributed by atoms with Crippen molar-refractivity contribution in [2.45, 2.75) is 12.8 Å². The molecule has 0 aliphatic heterocycles. The normalized spacial score (nSPS) is 12.7. The van der Waals surface area contributed by atoms with Crippen molar-refractivity contribution in [3.05, 3.63) is 47.5 Å². The van der Waals surface area contributed by atoms with Gasteiger partial charge in [0.05, 0.1) is 0 Å². The summed E-state index contributed by atoms with van der Waals surface area (Å²) in [4.78, 5) is 23.3. The molecule has 10 heteroatoms. The fourth-order valence-electron chi connectivity index (χ4n) is 2.15. The Bertz CT molecular complexity index is 798. The summed E-state index contributed by atoms with van der Waals surface area (Å²) in [5, 5.41) is 28.6. The summed E-state index contributed by atoms with van der Waals surface area (Å²) in [5.74, 6) is -1.79. The van der Waals surface area contributed by atoms with Gasteiger partial charge in [0.1, 0.15) is 28.6 Å². The molecule has 1 atom stereocenters. The van der Waals surface area contributed by atoms with E-state index in [1.807, 2.05) is 0 Å². The minimum absolute atomic E-state index is 0. The van der Waals surface area contributed by atoms with E-state index in [2.05, 4.69) is 9.05 Å². The first-order valence-electron chi connectivity index (χ1n) is 7.15. The molecule has 0 saturated carbocycles. The van der Waals surface area contributed by atoms with E-state index >= 15 is 0 Å². The van der Waals surface area contributed by atoms with Crippen molar-refractivity contribution in [2.24, 2.45) is 0 Å². The van der Waals surface area contributed by atoms with Crippen molar-refractivity contribution in [1.82, 2.24) is 0 Å². The van der Waals surface area contributed by atoms with E-state index in [1.165, 1.54) is 12.1 Å². The van der Waals surface area contributed by atoms with Gasteiger partial charge in [-0.1, -0.05) is 12.1 Å². The van der Waals surface area contributed by atoms with Crippen molar-refractivity contribution >= 4 is 13.6 Å². The quantitative estimate of drug-likeness (QED) is 0.315. The maximum Gasteiger partial charge on any atom is 1.00 e. The van der Waals surface area contributed by atoms with E-state index in [0.717, 1.165) is 24.8 Å². The summed E-state index contributed by atoms with van der Waals surface area (Å²) in [6.45, 7) is 0. The molecule has 0 aliphatic carbocycles. The van der Waals surface area contributed by atoms with E-state index in [-0.39, 0.29) is 59.5 Å². The molecule has 0 heterocycles. The zero-order valence-corrected chi connectivity index (χ0v) is 17.1. The molecule has 2 aromatic rings. The van der Waals surface area contributed by atoms with E-state index in [4.69, 9.17) is 0 Å². The van der Waals surface area contributed by atoms with Crippen LogP contribution in [0.4, 0.5) is 0 Å². The molecule has 134 valence electrons. The van der Waals surface area contributed by atoms with Crippen LogP contribution in [-0.4, -0.2) is 28.2 Å². The van der Waals surface area contributed by atoms with Crippen molar-refractivity contribution in [3.8, 4) is 23.0 Å². The first-order valence-corrected chi connectivity index (χ1v) is 8.61. The minimum Gasteiger partial charge on any atom is -0.746 e. The topological polar surface area (TPSA) is 136 Å². The van der Waals surface area contributed by atoms with Crippen LogP contribution in [0.5, 0.6) is 23.0 Å². The molecule has 2 rings (SSSR count). The number of phosphoric acid groups is 1. The monoisotopic (exact) mass is 390 g/mol. The Morgan fingerprint density at radius 1 is 1.12 bits per heavy atom. The number of Topliss-reactive ketones (excluding diaryl/α,β-unsaturated/α-hetero) is 1. The predicted octanol–water partition coefficient (Wildman–Crippen LogP) is -0.884. The number of aromatic hydroxyl groups is 3. The molecule has 8 nitrogen and oxygen atoms in total. The maximum absolute atomic E-state index is 12.1. The van der Waals surface area contributed by atoms with Crippen LogP contribution < -0.4 is 39.0 Å². The zero-order chi connectivity index (χ0) is 18.6. The van der Waals surface area contributed by atoms with Gasteiger partial charge in [0.15, 0.2) is 5.78 Å². The second-order valence-electron chi connectivity index (χ2n) is 5.15. The minimum atomic E-state index is -4.38. The molecule has 3 N–H and O–H groups in total. The van der Waals surface area contributed by atoms with E-state index in [0.29, 0.717) is 0 Å². The van der Waals surface area contributed by atoms with Crippen LogP contribution in [0.2, 0.25) is 0 Å². The Morgan fingerprint density at radius 2 is 1.65 bits per heavy atom. The molecule has 0 aromatic heterocycles. The number of phenolic OH excluding ortho intramolecular Hbond substituents is 3. The average Bonchev–Trinajstić information content (AvgIpc) is 2.53. The van der Waals surface area contributed by atoms with Gasteiger partial charge in [-0.3, -0.25) is 9.36 Å². The summed E-state index contributed by atoms with van der Waals surface area (Å²) >= 11 is 0. The first kappa shape index (κ1) is 22.5. The number of carbonyl (C=O) groups is 1. The van der Waals surface area contributed by atoms with Crippen molar-refractivity contribution in [1.29, 1.82) is 0 Å². The molecule has 2 aromatic carbocycles. The van der Waals surface area contributed by atoms with Gasteiger partial charge in [0, 0.05) is 25.7 Å². The third kappa shape index (κ3) is 6.02. The first-order chi connectivity index (χ1) is 11.7. The van der Waals surface area contributed by atoms with Crippen LogP contribution in [0.1, 0.15) is 22.3 Å². The van der Waals surface area contributed by atoms with E-state index in [1.54, 1.807) is 12.1 Å². The van der Waals surface area contributed by atoms with Gasteiger partial charge in [-0.25, -0.2) is 0 Å². The van der Waals surface area contributed by atoms with Gasteiger partial charge < -0.3 is 29.3 Å². The number of benzene rings is 2. The van der Waals surface area contributed by atoms with Crippen LogP contribution in [-0.2, 0) is 15.5 Å². The Labute approximate surface area is 171 Å².